The van der Waals surface area contributed by atoms with Crippen LogP contribution in [0, 0.1) is 12.7 Å². The number of rotatable bonds is 5. The van der Waals surface area contributed by atoms with Crippen molar-refractivity contribution in [3.8, 4) is 0 Å². The Balaban J connectivity index is 1.89. The SMILES string of the molecule is Cc1ccc(F)cc1CNC(C)Cn1ccnc1. The molecule has 0 radical (unpaired) electrons. The third kappa shape index (κ3) is 3.40. The molecule has 0 saturated heterocycles. The topological polar surface area (TPSA) is 29.9 Å². The van der Waals surface area contributed by atoms with Gasteiger partial charge in [-0.1, -0.05) is 6.07 Å². The second-order valence-electron chi connectivity index (χ2n) is 4.61. The van der Waals surface area contributed by atoms with Crippen molar-refractivity contribution in [3.05, 3.63) is 53.9 Å². The fraction of sp³-hybridized carbons (Fsp3) is 0.357. The van der Waals surface area contributed by atoms with Gasteiger partial charge < -0.3 is 9.88 Å². The van der Waals surface area contributed by atoms with Gasteiger partial charge in [-0.25, -0.2) is 9.37 Å². The highest BCUT2D eigenvalue weighted by Crippen LogP contribution is 2.10. The van der Waals surface area contributed by atoms with Gasteiger partial charge in [0.2, 0.25) is 0 Å². The van der Waals surface area contributed by atoms with Gasteiger partial charge in [0.05, 0.1) is 6.33 Å². The first-order valence-corrected chi connectivity index (χ1v) is 6.09. The molecule has 96 valence electrons. The van der Waals surface area contributed by atoms with Crippen LogP contribution in [0.4, 0.5) is 4.39 Å². The van der Waals surface area contributed by atoms with Crippen molar-refractivity contribution in [2.24, 2.45) is 0 Å². The summed E-state index contributed by atoms with van der Waals surface area (Å²) in [5.41, 5.74) is 2.12. The number of nitrogens with zero attached hydrogens (tertiary/aromatic N) is 2. The van der Waals surface area contributed by atoms with Crippen LogP contribution in [0.15, 0.2) is 36.9 Å². The lowest BCUT2D eigenvalue weighted by Gasteiger charge is -2.15. The summed E-state index contributed by atoms with van der Waals surface area (Å²) in [5.74, 6) is -0.181. The molecule has 1 aromatic heterocycles. The van der Waals surface area contributed by atoms with Gasteiger partial charge in [0, 0.05) is 31.5 Å². The summed E-state index contributed by atoms with van der Waals surface area (Å²) in [4.78, 5) is 4.00. The third-order valence-corrected chi connectivity index (χ3v) is 3.00. The predicted octanol–water partition coefficient (Wildman–Crippen LogP) is 2.51. The summed E-state index contributed by atoms with van der Waals surface area (Å²) in [6, 6.07) is 5.20. The van der Waals surface area contributed by atoms with Gasteiger partial charge in [0.25, 0.3) is 0 Å². The summed E-state index contributed by atoms with van der Waals surface area (Å²) in [6.45, 7) is 5.64. The lowest BCUT2D eigenvalue weighted by atomic mass is 10.1. The second-order valence-corrected chi connectivity index (χ2v) is 4.61. The summed E-state index contributed by atoms with van der Waals surface area (Å²) >= 11 is 0. The molecular weight excluding hydrogens is 229 g/mol. The van der Waals surface area contributed by atoms with Crippen LogP contribution in [0.2, 0.25) is 0 Å². The Morgan fingerprint density at radius 1 is 1.44 bits per heavy atom. The number of hydrogen-bond donors (Lipinski definition) is 1. The zero-order chi connectivity index (χ0) is 13.0. The second kappa shape index (κ2) is 5.78. The van der Waals surface area contributed by atoms with E-state index in [1.54, 1.807) is 18.6 Å². The number of benzene rings is 1. The smallest absolute Gasteiger partial charge is 0.123 e. The molecule has 1 heterocycles. The first-order chi connectivity index (χ1) is 8.65. The lowest BCUT2D eigenvalue weighted by molar-refractivity contribution is 0.474. The number of imidazole rings is 1. The summed E-state index contributed by atoms with van der Waals surface area (Å²) in [5, 5.41) is 3.39. The summed E-state index contributed by atoms with van der Waals surface area (Å²) in [7, 11) is 0. The molecule has 0 amide bonds. The van der Waals surface area contributed by atoms with Gasteiger partial charge in [-0.15, -0.1) is 0 Å². The van der Waals surface area contributed by atoms with Crippen LogP contribution in [-0.4, -0.2) is 15.6 Å². The van der Waals surface area contributed by atoms with Crippen LogP contribution in [0.3, 0.4) is 0 Å². The van der Waals surface area contributed by atoms with E-state index in [0.717, 1.165) is 17.7 Å². The molecule has 2 rings (SSSR count). The van der Waals surface area contributed by atoms with Crippen molar-refractivity contribution >= 4 is 0 Å². The van der Waals surface area contributed by atoms with E-state index in [2.05, 4.69) is 17.2 Å². The molecule has 18 heavy (non-hydrogen) atoms. The molecule has 0 bridgehead atoms. The predicted molar refractivity (Wildman–Crippen MR) is 69.7 cm³/mol. The quantitative estimate of drug-likeness (QED) is 0.879. The Kier molecular flexibility index (Phi) is 4.10. The van der Waals surface area contributed by atoms with Crippen molar-refractivity contribution in [1.29, 1.82) is 0 Å². The molecule has 0 aliphatic heterocycles. The lowest BCUT2D eigenvalue weighted by Crippen LogP contribution is -2.29. The Bertz CT molecular complexity index is 494. The molecule has 0 fully saturated rings. The minimum absolute atomic E-state index is 0.181. The van der Waals surface area contributed by atoms with Gasteiger partial charge in [-0.2, -0.15) is 0 Å². The van der Waals surface area contributed by atoms with Crippen LogP contribution in [0.1, 0.15) is 18.1 Å². The van der Waals surface area contributed by atoms with Crippen LogP contribution < -0.4 is 5.32 Å². The molecule has 0 aliphatic carbocycles. The van der Waals surface area contributed by atoms with Crippen molar-refractivity contribution in [1.82, 2.24) is 14.9 Å². The summed E-state index contributed by atoms with van der Waals surface area (Å²) in [6.07, 6.45) is 5.50. The van der Waals surface area contributed by atoms with E-state index in [1.165, 1.54) is 6.07 Å². The van der Waals surface area contributed by atoms with Crippen molar-refractivity contribution in [2.75, 3.05) is 0 Å². The Hall–Kier alpha value is -1.68. The van der Waals surface area contributed by atoms with Crippen molar-refractivity contribution < 1.29 is 4.39 Å². The number of halogens is 1. The van der Waals surface area contributed by atoms with E-state index in [1.807, 2.05) is 23.8 Å². The number of aromatic nitrogens is 2. The van der Waals surface area contributed by atoms with E-state index in [-0.39, 0.29) is 5.82 Å². The Morgan fingerprint density at radius 3 is 3.00 bits per heavy atom. The molecule has 4 heteroatoms. The maximum atomic E-state index is 13.1. The zero-order valence-corrected chi connectivity index (χ0v) is 10.7. The van der Waals surface area contributed by atoms with Crippen molar-refractivity contribution in [3.63, 3.8) is 0 Å². The molecule has 0 aliphatic rings. The minimum atomic E-state index is -0.181. The highest BCUT2D eigenvalue weighted by atomic mass is 19.1. The number of hydrogen-bond acceptors (Lipinski definition) is 2. The largest absolute Gasteiger partial charge is 0.336 e. The maximum Gasteiger partial charge on any atom is 0.123 e. The highest BCUT2D eigenvalue weighted by Gasteiger charge is 2.05. The van der Waals surface area contributed by atoms with E-state index in [9.17, 15) is 4.39 Å². The molecule has 1 N–H and O–H groups in total. The maximum absolute atomic E-state index is 13.1. The number of aryl methyl sites for hydroxylation is 1. The van der Waals surface area contributed by atoms with E-state index in [4.69, 9.17) is 0 Å². The molecule has 1 unspecified atom stereocenters. The van der Waals surface area contributed by atoms with Gasteiger partial charge in [-0.05, 0) is 37.1 Å². The van der Waals surface area contributed by atoms with Crippen LogP contribution in [-0.2, 0) is 13.1 Å². The molecule has 0 spiro atoms. The molecule has 3 nitrogen and oxygen atoms in total. The van der Waals surface area contributed by atoms with Crippen molar-refractivity contribution in [2.45, 2.75) is 33.0 Å². The normalized spacial score (nSPS) is 12.6. The molecule has 0 saturated carbocycles. The minimum Gasteiger partial charge on any atom is -0.336 e. The standard InChI is InChI=1S/C14H18FN3/c1-11-3-4-14(15)7-13(11)8-17-12(2)9-18-6-5-16-10-18/h3-7,10,12,17H,8-9H2,1-2H3. The highest BCUT2D eigenvalue weighted by molar-refractivity contribution is 5.26. The monoisotopic (exact) mass is 247 g/mol. The first kappa shape index (κ1) is 12.8. The Morgan fingerprint density at radius 2 is 2.28 bits per heavy atom. The fourth-order valence-corrected chi connectivity index (χ4v) is 1.89. The van der Waals surface area contributed by atoms with Gasteiger partial charge in [-0.3, -0.25) is 0 Å². The first-order valence-electron chi connectivity index (χ1n) is 6.09. The van der Waals surface area contributed by atoms with Crippen LogP contribution in [0.5, 0.6) is 0 Å². The average Bonchev–Trinajstić information content (AvgIpc) is 2.83. The van der Waals surface area contributed by atoms with E-state index >= 15 is 0 Å². The molecule has 1 aromatic carbocycles. The third-order valence-electron chi connectivity index (χ3n) is 3.00. The van der Waals surface area contributed by atoms with Gasteiger partial charge in [0.15, 0.2) is 0 Å². The van der Waals surface area contributed by atoms with Gasteiger partial charge in [0.1, 0.15) is 5.82 Å². The van der Waals surface area contributed by atoms with Crippen LogP contribution >= 0.6 is 0 Å². The fourth-order valence-electron chi connectivity index (χ4n) is 1.89. The Labute approximate surface area is 107 Å². The van der Waals surface area contributed by atoms with Gasteiger partial charge >= 0.3 is 0 Å². The molecule has 1 atom stereocenters. The van der Waals surface area contributed by atoms with E-state index in [0.29, 0.717) is 12.6 Å². The number of nitrogens with one attached hydrogen (secondary N) is 1. The average molecular weight is 247 g/mol. The zero-order valence-electron chi connectivity index (χ0n) is 10.7. The molecule has 2 aromatic rings. The van der Waals surface area contributed by atoms with Crippen LogP contribution in [0.25, 0.3) is 0 Å². The summed E-state index contributed by atoms with van der Waals surface area (Å²) < 4.78 is 15.2. The molecular formula is C14H18FN3. The van der Waals surface area contributed by atoms with E-state index < -0.39 is 0 Å².